The summed E-state index contributed by atoms with van der Waals surface area (Å²) in [5, 5.41) is 10.9. The molecule has 1 aromatic rings. The van der Waals surface area contributed by atoms with Crippen molar-refractivity contribution < 1.29 is 4.79 Å². The van der Waals surface area contributed by atoms with E-state index in [1.165, 1.54) is 19.3 Å². The number of nitrogens with one attached hydrogen (secondary N) is 1. The second-order valence-corrected chi connectivity index (χ2v) is 6.69. The summed E-state index contributed by atoms with van der Waals surface area (Å²) in [7, 11) is 0. The minimum Gasteiger partial charge on any atom is -0.347 e. The maximum atomic E-state index is 12.0. The van der Waals surface area contributed by atoms with Gasteiger partial charge < -0.3 is 5.32 Å². The summed E-state index contributed by atoms with van der Waals surface area (Å²) in [5.41, 5.74) is 0. The number of amides is 1. The highest BCUT2D eigenvalue weighted by molar-refractivity contribution is 7.17. The Morgan fingerprint density at radius 2 is 2.11 bits per heavy atom. The zero-order valence-corrected chi connectivity index (χ0v) is 12.2. The molecule has 2 unspecified atom stereocenters. The lowest BCUT2D eigenvalue weighted by Gasteiger charge is -2.34. The van der Waals surface area contributed by atoms with Crippen LogP contribution in [0.1, 0.15) is 49.3 Å². The van der Waals surface area contributed by atoms with Crippen LogP contribution in [0.3, 0.4) is 0 Å². The summed E-state index contributed by atoms with van der Waals surface area (Å²) in [5.74, 6) is 1.01. The molecule has 2 rings (SSSR count). The molecular formula is C12H18ClN3OS. The maximum absolute atomic E-state index is 12.0. The van der Waals surface area contributed by atoms with E-state index in [-0.39, 0.29) is 11.9 Å². The van der Waals surface area contributed by atoms with Crippen molar-refractivity contribution in [2.24, 2.45) is 11.8 Å². The Morgan fingerprint density at radius 1 is 1.39 bits per heavy atom. The molecule has 1 saturated carbocycles. The molecule has 1 aliphatic carbocycles. The Bertz CT molecular complexity index is 421. The van der Waals surface area contributed by atoms with Gasteiger partial charge in [-0.15, -0.1) is 10.2 Å². The van der Waals surface area contributed by atoms with Crippen LogP contribution in [-0.2, 0) is 0 Å². The first-order chi connectivity index (χ1) is 8.58. The van der Waals surface area contributed by atoms with Crippen molar-refractivity contribution in [2.45, 2.75) is 45.6 Å². The van der Waals surface area contributed by atoms with Gasteiger partial charge in [0, 0.05) is 6.04 Å². The van der Waals surface area contributed by atoms with E-state index in [9.17, 15) is 4.79 Å². The van der Waals surface area contributed by atoms with Gasteiger partial charge in [0.15, 0.2) is 0 Å². The van der Waals surface area contributed by atoms with E-state index in [1.54, 1.807) is 0 Å². The van der Waals surface area contributed by atoms with Crippen LogP contribution in [0.25, 0.3) is 0 Å². The number of carbonyl (C=O) groups excluding carboxylic acids is 1. The molecule has 0 spiro atoms. The fourth-order valence-electron chi connectivity index (χ4n) is 2.66. The van der Waals surface area contributed by atoms with Gasteiger partial charge in [-0.1, -0.05) is 38.0 Å². The van der Waals surface area contributed by atoms with Gasteiger partial charge in [0.05, 0.1) is 0 Å². The molecule has 0 aliphatic heterocycles. The molecule has 1 fully saturated rings. The van der Waals surface area contributed by atoms with Crippen molar-refractivity contribution in [2.75, 3.05) is 0 Å². The van der Waals surface area contributed by atoms with Crippen molar-refractivity contribution >= 4 is 28.8 Å². The lowest BCUT2D eigenvalue weighted by atomic mass is 9.78. The number of nitrogens with zero attached hydrogens (tertiary/aromatic N) is 2. The van der Waals surface area contributed by atoms with Crippen LogP contribution < -0.4 is 5.32 Å². The third kappa shape index (κ3) is 3.20. The Hall–Kier alpha value is -0.680. The SMILES string of the molecule is CC(C)C1CCCCC1NC(=O)c1nnc(Cl)s1. The molecule has 6 heteroatoms. The summed E-state index contributed by atoms with van der Waals surface area (Å²) >= 11 is 6.82. The lowest BCUT2D eigenvalue weighted by molar-refractivity contribution is 0.0888. The largest absolute Gasteiger partial charge is 0.347 e. The molecule has 4 nitrogen and oxygen atoms in total. The second-order valence-electron chi connectivity index (χ2n) is 5.13. The zero-order valence-electron chi connectivity index (χ0n) is 10.6. The third-order valence-corrected chi connectivity index (χ3v) is 4.60. The van der Waals surface area contributed by atoms with Crippen molar-refractivity contribution in [1.82, 2.24) is 15.5 Å². The van der Waals surface area contributed by atoms with Crippen LogP contribution >= 0.6 is 22.9 Å². The van der Waals surface area contributed by atoms with E-state index in [1.807, 2.05) is 0 Å². The normalized spacial score (nSPS) is 24.2. The van der Waals surface area contributed by atoms with E-state index in [0.717, 1.165) is 17.8 Å². The highest BCUT2D eigenvalue weighted by atomic mass is 35.5. The van der Waals surface area contributed by atoms with Gasteiger partial charge >= 0.3 is 0 Å². The summed E-state index contributed by atoms with van der Waals surface area (Å²) in [6.07, 6.45) is 4.70. The number of halogens is 1. The van der Waals surface area contributed by atoms with E-state index in [4.69, 9.17) is 11.6 Å². The average Bonchev–Trinajstić information content (AvgIpc) is 2.76. The quantitative estimate of drug-likeness (QED) is 0.929. The summed E-state index contributed by atoms with van der Waals surface area (Å²) in [4.78, 5) is 12.0. The standard InChI is InChI=1S/C12H18ClN3OS/c1-7(2)8-5-3-4-6-9(8)14-10(17)11-15-16-12(13)18-11/h7-9H,3-6H2,1-2H3,(H,14,17). The van der Waals surface area contributed by atoms with Gasteiger partial charge in [-0.05, 0) is 36.3 Å². The van der Waals surface area contributed by atoms with Crippen molar-refractivity contribution in [3.63, 3.8) is 0 Å². The molecule has 1 heterocycles. The lowest BCUT2D eigenvalue weighted by Crippen LogP contribution is -2.43. The van der Waals surface area contributed by atoms with Gasteiger partial charge in [0.25, 0.3) is 5.91 Å². The van der Waals surface area contributed by atoms with Crippen LogP contribution in [0.2, 0.25) is 4.47 Å². The van der Waals surface area contributed by atoms with Crippen LogP contribution in [0.15, 0.2) is 0 Å². The van der Waals surface area contributed by atoms with E-state index in [2.05, 4.69) is 29.4 Å². The molecule has 18 heavy (non-hydrogen) atoms. The molecule has 2 atom stereocenters. The van der Waals surface area contributed by atoms with Gasteiger partial charge in [-0.3, -0.25) is 4.79 Å². The molecule has 1 amide bonds. The predicted octanol–water partition coefficient (Wildman–Crippen LogP) is 3.14. The molecule has 0 bridgehead atoms. The molecule has 0 radical (unpaired) electrons. The average molecular weight is 288 g/mol. The Kier molecular flexibility index (Phi) is 4.56. The maximum Gasteiger partial charge on any atom is 0.282 e. The fourth-order valence-corrected chi connectivity index (χ4v) is 3.40. The number of rotatable bonds is 3. The molecule has 1 aliphatic rings. The first-order valence-electron chi connectivity index (χ1n) is 6.38. The van der Waals surface area contributed by atoms with Crippen molar-refractivity contribution in [1.29, 1.82) is 0 Å². The van der Waals surface area contributed by atoms with Gasteiger partial charge in [-0.25, -0.2) is 0 Å². The second kappa shape index (κ2) is 5.97. The molecule has 0 saturated heterocycles. The van der Waals surface area contributed by atoms with Crippen molar-refractivity contribution in [3.05, 3.63) is 9.47 Å². The first kappa shape index (κ1) is 13.7. The van der Waals surface area contributed by atoms with Gasteiger partial charge in [0.2, 0.25) is 9.47 Å². The third-order valence-electron chi connectivity index (χ3n) is 3.59. The fraction of sp³-hybridized carbons (Fsp3) is 0.750. The van der Waals surface area contributed by atoms with Crippen LogP contribution in [0, 0.1) is 11.8 Å². The zero-order chi connectivity index (χ0) is 13.1. The number of hydrogen-bond donors (Lipinski definition) is 1. The number of hydrogen-bond acceptors (Lipinski definition) is 4. The molecule has 100 valence electrons. The number of carbonyl (C=O) groups is 1. The van der Waals surface area contributed by atoms with Gasteiger partial charge in [0.1, 0.15) is 0 Å². The molecule has 1 aromatic heterocycles. The Balaban J connectivity index is 2.00. The van der Waals surface area contributed by atoms with Gasteiger partial charge in [-0.2, -0.15) is 0 Å². The highest BCUT2D eigenvalue weighted by Gasteiger charge is 2.29. The molecule has 0 aromatic carbocycles. The van der Waals surface area contributed by atoms with E-state index in [0.29, 0.717) is 21.3 Å². The minimum absolute atomic E-state index is 0.142. The highest BCUT2D eigenvalue weighted by Crippen LogP contribution is 2.30. The Labute approximate surface area is 116 Å². The number of aromatic nitrogens is 2. The van der Waals surface area contributed by atoms with Crippen LogP contribution in [0.4, 0.5) is 0 Å². The first-order valence-corrected chi connectivity index (χ1v) is 7.57. The summed E-state index contributed by atoms with van der Waals surface area (Å²) < 4.78 is 0.309. The minimum atomic E-state index is -0.142. The summed E-state index contributed by atoms with van der Waals surface area (Å²) in [6, 6.07) is 0.258. The predicted molar refractivity (Wildman–Crippen MR) is 73.0 cm³/mol. The van der Waals surface area contributed by atoms with Crippen LogP contribution in [0.5, 0.6) is 0 Å². The molecule has 1 N–H and O–H groups in total. The summed E-state index contributed by atoms with van der Waals surface area (Å²) in [6.45, 7) is 4.44. The topological polar surface area (TPSA) is 54.9 Å². The van der Waals surface area contributed by atoms with E-state index >= 15 is 0 Å². The molecular weight excluding hydrogens is 270 g/mol. The van der Waals surface area contributed by atoms with Crippen LogP contribution in [-0.4, -0.2) is 22.1 Å². The monoisotopic (exact) mass is 287 g/mol. The van der Waals surface area contributed by atoms with E-state index < -0.39 is 0 Å². The van der Waals surface area contributed by atoms with Crippen molar-refractivity contribution in [3.8, 4) is 0 Å². The Morgan fingerprint density at radius 3 is 2.72 bits per heavy atom. The smallest absolute Gasteiger partial charge is 0.282 e.